The highest BCUT2D eigenvalue weighted by Gasteiger charge is 2.19. The topological polar surface area (TPSA) is 46.5 Å². The van der Waals surface area contributed by atoms with Crippen LogP contribution in [-0.2, 0) is 11.2 Å². The summed E-state index contributed by atoms with van der Waals surface area (Å²) in [6.07, 6.45) is 0.769. The van der Waals surface area contributed by atoms with E-state index < -0.39 is 0 Å². The zero-order valence-corrected chi connectivity index (χ0v) is 10.1. The Bertz CT molecular complexity index is 341. The van der Waals surface area contributed by atoms with Crippen molar-refractivity contribution in [2.75, 3.05) is 13.7 Å². The highest BCUT2D eigenvalue weighted by Crippen LogP contribution is 2.26. The van der Waals surface area contributed by atoms with Crippen LogP contribution in [0.25, 0.3) is 0 Å². The first kappa shape index (κ1) is 12.2. The standard InChI is InChI=1S/C11H16O3S/c1-11(2,7-12)6-8-4-5-9(15-8)10(13)14-3/h4-5,12H,6-7H2,1-3H3. The number of aliphatic hydroxyl groups excluding tert-OH is 1. The van der Waals surface area contributed by atoms with Crippen molar-refractivity contribution >= 4 is 17.3 Å². The fraction of sp³-hybridized carbons (Fsp3) is 0.545. The average Bonchev–Trinajstić information content (AvgIpc) is 2.64. The maximum atomic E-state index is 11.2. The van der Waals surface area contributed by atoms with Crippen molar-refractivity contribution in [1.29, 1.82) is 0 Å². The van der Waals surface area contributed by atoms with Crippen LogP contribution in [0.15, 0.2) is 12.1 Å². The zero-order chi connectivity index (χ0) is 11.5. The van der Waals surface area contributed by atoms with Gasteiger partial charge in [-0.3, -0.25) is 0 Å². The molecule has 1 heterocycles. The van der Waals surface area contributed by atoms with Crippen LogP contribution in [0.2, 0.25) is 0 Å². The molecule has 0 aliphatic rings. The summed E-state index contributed by atoms with van der Waals surface area (Å²) in [5.41, 5.74) is -0.141. The van der Waals surface area contributed by atoms with Crippen LogP contribution in [-0.4, -0.2) is 24.8 Å². The maximum Gasteiger partial charge on any atom is 0.348 e. The Labute approximate surface area is 93.7 Å². The quantitative estimate of drug-likeness (QED) is 0.803. The van der Waals surface area contributed by atoms with Crippen molar-refractivity contribution in [3.05, 3.63) is 21.9 Å². The second-order valence-corrected chi connectivity index (χ2v) is 5.42. The molecule has 1 N–H and O–H groups in total. The number of esters is 1. The van der Waals surface area contributed by atoms with Gasteiger partial charge in [-0.25, -0.2) is 4.79 Å². The van der Waals surface area contributed by atoms with Crippen LogP contribution in [0.5, 0.6) is 0 Å². The summed E-state index contributed by atoms with van der Waals surface area (Å²) in [7, 11) is 1.37. The number of aliphatic hydroxyl groups is 1. The van der Waals surface area contributed by atoms with Gasteiger partial charge in [-0.2, -0.15) is 0 Å². The Morgan fingerprint density at radius 1 is 1.53 bits per heavy atom. The number of carbonyl (C=O) groups is 1. The lowest BCUT2D eigenvalue weighted by Gasteiger charge is -2.20. The van der Waals surface area contributed by atoms with E-state index >= 15 is 0 Å². The molecule has 0 fully saturated rings. The van der Waals surface area contributed by atoms with Gasteiger partial charge in [0.05, 0.1) is 7.11 Å². The summed E-state index contributed by atoms with van der Waals surface area (Å²) >= 11 is 1.42. The maximum absolute atomic E-state index is 11.2. The first-order valence-electron chi connectivity index (χ1n) is 4.76. The summed E-state index contributed by atoms with van der Waals surface area (Å²) in [5, 5.41) is 9.13. The summed E-state index contributed by atoms with van der Waals surface area (Å²) in [6, 6.07) is 3.67. The van der Waals surface area contributed by atoms with Crippen LogP contribution in [0, 0.1) is 5.41 Å². The normalized spacial score (nSPS) is 11.5. The molecule has 1 rings (SSSR count). The Balaban J connectivity index is 2.73. The van der Waals surface area contributed by atoms with E-state index in [4.69, 9.17) is 5.11 Å². The number of methoxy groups -OCH3 is 1. The third kappa shape index (κ3) is 3.32. The molecule has 3 nitrogen and oxygen atoms in total. The van der Waals surface area contributed by atoms with E-state index in [9.17, 15) is 4.79 Å². The van der Waals surface area contributed by atoms with E-state index in [1.807, 2.05) is 19.9 Å². The van der Waals surface area contributed by atoms with Crippen LogP contribution >= 0.6 is 11.3 Å². The van der Waals surface area contributed by atoms with Crippen LogP contribution in [0.3, 0.4) is 0 Å². The first-order chi connectivity index (χ1) is 6.98. The smallest absolute Gasteiger partial charge is 0.348 e. The third-order valence-electron chi connectivity index (χ3n) is 2.13. The fourth-order valence-electron chi connectivity index (χ4n) is 1.21. The highest BCUT2D eigenvalue weighted by atomic mass is 32.1. The minimum atomic E-state index is -0.298. The number of hydrogen-bond acceptors (Lipinski definition) is 4. The van der Waals surface area contributed by atoms with Crippen molar-refractivity contribution in [1.82, 2.24) is 0 Å². The molecule has 0 unspecified atom stereocenters. The predicted octanol–water partition coefficient (Wildman–Crippen LogP) is 2.10. The van der Waals surface area contributed by atoms with E-state index in [1.54, 1.807) is 6.07 Å². The van der Waals surface area contributed by atoms with Gasteiger partial charge >= 0.3 is 5.97 Å². The van der Waals surface area contributed by atoms with E-state index in [2.05, 4.69) is 4.74 Å². The Hall–Kier alpha value is -0.870. The fourth-order valence-corrected chi connectivity index (χ4v) is 2.39. The Kier molecular flexibility index (Phi) is 3.88. The van der Waals surface area contributed by atoms with Gasteiger partial charge in [-0.1, -0.05) is 13.8 Å². The second kappa shape index (κ2) is 4.77. The molecule has 4 heteroatoms. The van der Waals surface area contributed by atoms with Crippen molar-refractivity contribution in [3.8, 4) is 0 Å². The largest absolute Gasteiger partial charge is 0.465 e. The van der Waals surface area contributed by atoms with Gasteiger partial charge in [-0.15, -0.1) is 11.3 Å². The summed E-state index contributed by atoms with van der Waals surface area (Å²) < 4.78 is 4.63. The molecule has 0 aromatic carbocycles. The molecular weight excluding hydrogens is 212 g/mol. The number of carbonyl (C=O) groups excluding carboxylic acids is 1. The lowest BCUT2D eigenvalue weighted by molar-refractivity contribution is 0.0606. The van der Waals surface area contributed by atoms with Gasteiger partial charge in [-0.05, 0) is 24.0 Å². The van der Waals surface area contributed by atoms with Crippen molar-refractivity contribution < 1.29 is 14.6 Å². The lowest BCUT2D eigenvalue weighted by Crippen LogP contribution is -2.18. The van der Waals surface area contributed by atoms with Gasteiger partial charge in [0.15, 0.2) is 0 Å². The predicted molar refractivity (Wildman–Crippen MR) is 60.2 cm³/mol. The SMILES string of the molecule is COC(=O)c1ccc(CC(C)(C)CO)s1. The molecule has 0 bridgehead atoms. The van der Waals surface area contributed by atoms with Gasteiger partial charge in [0, 0.05) is 11.5 Å². The average molecular weight is 228 g/mol. The lowest BCUT2D eigenvalue weighted by atomic mass is 9.90. The van der Waals surface area contributed by atoms with Crippen molar-refractivity contribution in [2.24, 2.45) is 5.41 Å². The van der Waals surface area contributed by atoms with Gasteiger partial charge in [0.25, 0.3) is 0 Å². The van der Waals surface area contributed by atoms with Crippen molar-refractivity contribution in [2.45, 2.75) is 20.3 Å². The minimum Gasteiger partial charge on any atom is -0.465 e. The van der Waals surface area contributed by atoms with E-state index in [0.717, 1.165) is 11.3 Å². The van der Waals surface area contributed by atoms with Crippen LogP contribution < -0.4 is 0 Å². The molecule has 1 aromatic rings. The molecule has 0 saturated heterocycles. The van der Waals surface area contributed by atoms with Crippen LogP contribution in [0.4, 0.5) is 0 Å². The van der Waals surface area contributed by atoms with Crippen molar-refractivity contribution in [3.63, 3.8) is 0 Å². The monoisotopic (exact) mass is 228 g/mol. The van der Waals surface area contributed by atoms with E-state index in [-0.39, 0.29) is 18.0 Å². The van der Waals surface area contributed by atoms with E-state index in [1.165, 1.54) is 18.4 Å². The minimum absolute atomic E-state index is 0.137. The number of hydrogen-bond donors (Lipinski definition) is 1. The Morgan fingerprint density at radius 3 is 2.73 bits per heavy atom. The number of rotatable bonds is 4. The molecule has 0 spiro atoms. The molecule has 0 aliphatic heterocycles. The summed E-state index contributed by atoms with van der Waals surface area (Å²) in [5.74, 6) is -0.298. The number of thiophene rings is 1. The summed E-state index contributed by atoms with van der Waals surface area (Å²) in [4.78, 5) is 12.9. The number of ether oxygens (including phenoxy) is 1. The molecule has 1 aromatic heterocycles. The molecule has 0 aliphatic carbocycles. The molecular formula is C11H16O3S. The second-order valence-electron chi connectivity index (χ2n) is 4.26. The highest BCUT2D eigenvalue weighted by molar-refractivity contribution is 7.13. The molecule has 0 amide bonds. The first-order valence-corrected chi connectivity index (χ1v) is 5.58. The Morgan fingerprint density at radius 2 is 2.20 bits per heavy atom. The third-order valence-corrected chi connectivity index (χ3v) is 3.19. The molecule has 0 atom stereocenters. The molecule has 0 saturated carbocycles. The zero-order valence-electron chi connectivity index (χ0n) is 9.24. The van der Waals surface area contributed by atoms with E-state index in [0.29, 0.717) is 4.88 Å². The van der Waals surface area contributed by atoms with Gasteiger partial charge in [0.1, 0.15) is 4.88 Å². The van der Waals surface area contributed by atoms with Crippen LogP contribution in [0.1, 0.15) is 28.4 Å². The molecule has 0 radical (unpaired) electrons. The van der Waals surface area contributed by atoms with Gasteiger partial charge < -0.3 is 9.84 Å². The molecule has 15 heavy (non-hydrogen) atoms. The van der Waals surface area contributed by atoms with Gasteiger partial charge in [0.2, 0.25) is 0 Å². The molecule has 84 valence electrons. The summed E-state index contributed by atoms with van der Waals surface area (Å²) in [6.45, 7) is 4.12.